The maximum atomic E-state index is 12.7. The summed E-state index contributed by atoms with van der Waals surface area (Å²) in [6.45, 7) is 3.17. The highest BCUT2D eigenvalue weighted by atomic mass is 16.5. The summed E-state index contributed by atoms with van der Waals surface area (Å²) < 4.78 is 5.32. The number of amides is 3. The fourth-order valence-corrected chi connectivity index (χ4v) is 5.96. The number of carbonyl (C=O) groups excluding carboxylic acids is 2. The number of urea groups is 1. The van der Waals surface area contributed by atoms with E-state index in [0.717, 1.165) is 45.1 Å². The smallest absolute Gasteiger partial charge is 0.319 e. The van der Waals surface area contributed by atoms with E-state index in [-0.39, 0.29) is 17.6 Å². The first kappa shape index (κ1) is 19.1. The Morgan fingerprint density at radius 3 is 2.86 bits per heavy atom. The van der Waals surface area contributed by atoms with Crippen LogP contribution in [0.15, 0.2) is 24.3 Å². The lowest BCUT2D eigenvalue weighted by Gasteiger charge is -2.52. The molecule has 1 aromatic carbocycles. The second kappa shape index (κ2) is 7.64. The number of anilines is 1. The molecule has 2 heterocycles. The number of nitrogens with one attached hydrogen (secondary N) is 2. The fourth-order valence-electron chi connectivity index (χ4n) is 5.96. The Labute approximate surface area is 167 Å². The third-order valence-electron chi connectivity index (χ3n) is 7.26. The van der Waals surface area contributed by atoms with Crippen molar-refractivity contribution >= 4 is 17.6 Å². The van der Waals surface area contributed by atoms with E-state index in [0.29, 0.717) is 35.6 Å². The van der Waals surface area contributed by atoms with E-state index in [2.05, 4.69) is 22.5 Å². The summed E-state index contributed by atoms with van der Waals surface area (Å²) in [5.74, 6) is 1.81. The van der Waals surface area contributed by atoms with E-state index in [1.54, 1.807) is 7.11 Å². The first-order valence-corrected chi connectivity index (χ1v) is 10.6. The molecule has 28 heavy (non-hydrogen) atoms. The van der Waals surface area contributed by atoms with Gasteiger partial charge in [0.05, 0.1) is 12.8 Å². The third kappa shape index (κ3) is 3.23. The average molecular weight is 386 g/mol. The molecule has 152 valence electrons. The quantitative estimate of drug-likeness (QED) is 0.832. The minimum absolute atomic E-state index is 0.0321. The van der Waals surface area contributed by atoms with Gasteiger partial charge in [0.2, 0.25) is 5.91 Å². The minimum atomic E-state index is -0.190. The van der Waals surface area contributed by atoms with Crippen molar-refractivity contribution in [2.24, 2.45) is 11.8 Å². The topological polar surface area (TPSA) is 70.7 Å². The normalized spacial score (nSPS) is 32.1. The van der Waals surface area contributed by atoms with Gasteiger partial charge < -0.3 is 20.3 Å². The molecule has 2 N–H and O–H groups in total. The van der Waals surface area contributed by atoms with Crippen molar-refractivity contribution < 1.29 is 14.3 Å². The van der Waals surface area contributed by atoms with E-state index >= 15 is 0 Å². The molecule has 1 aromatic rings. The van der Waals surface area contributed by atoms with Crippen molar-refractivity contribution in [2.75, 3.05) is 19.0 Å². The van der Waals surface area contributed by atoms with E-state index in [9.17, 15) is 9.59 Å². The zero-order valence-corrected chi connectivity index (χ0v) is 16.9. The summed E-state index contributed by atoms with van der Waals surface area (Å²) in [7, 11) is 1.60. The van der Waals surface area contributed by atoms with Crippen LogP contribution in [-0.2, 0) is 4.79 Å². The van der Waals surface area contributed by atoms with Gasteiger partial charge in [0.25, 0.3) is 0 Å². The number of rotatable bonds is 3. The van der Waals surface area contributed by atoms with Gasteiger partial charge in [-0.2, -0.15) is 0 Å². The Morgan fingerprint density at radius 2 is 2.04 bits per heavy atom. The lowest BCUT2D eigenvalue weighted by atomic mass is 9.63. The van der Waals surface area contributed by atoms with Crippen molar-refractivity contribution in [3.63, 3.8) is 0 Å². The maximum absolute atomic E-state index is 12.7. The van der Waals surface area contributed by atoms with Crippen LogP contribution >= 0.6 is 0 Å². The second-order valence-corrected chi connectivity index (χ2v) is 8.55. The highest BCUT2D eigenvalue weighted by Gasteiger charge is 2.55. The molecular formula is C22H31N3O3. The first-order valence-electron chi connectivity index (χ1n) is 10.6. The molecule has 6 nitrogen and oxygen atoms in total. The molecule has 3 aliphatic rings. The van der Waals surface area contributed by atoms with Crippen LogP contribution in [0.25, 0.3) is 0 Å². The van der Waals surface area contributed by atoms with Crippen LogP contribution < -0.4 is 15.4 Å². The van der Waals surface area contributed by atoms with Crippen LogP contribution in [0.5, 0.6) is 5.75 Å². The number of hydrogen-bond donors (Lipinski definition) is 2. The van der Waals surface area contributed by atoms with Crippen LogP contribution in [-0.4, -0.2) is 42.1 Å². The predicted octanol–water partition coefficient (Wildman–Crippen LogP) is 3.78. The van der Waals surface area contributed by atoms with Gasteiger partial charge >= 0.3 is 6.03 Å². The number of methoxy groups -OCH3 is 1. The highest BCUT2D eigenvalue weighted by Crippen LogP contribution is 2.51. The zero-order valence-electron chi connectivity index (χ0n) is 16.9. The van der Waals surface area contributed by atoms with Crippen LogP contribution in [0.4, 0.5) is 10.5 Å². The molecule has 6 heteroatoms. The zero-order chi connectivity index (χ0) is 19.7. The Balaban J connectivity index is 1.46. The van der Waals surface area contributed by atoms with Crippen LogP contribution in [0, 0.1) is 11.8 Å². The Morgan fingerprint density at radius 1 is 1.21 bits per heavy atom. The summed E-state index contributed by atoms with van der Waals surface area (Å²) in [5, 5.41) is 6.13. The average Bonchev–Trinajstić information content (AvgIpc) is 3.06. The Hall–Kier alpha value is -2.24. The van der Waals surface area contributed by atoms with Gasteiger partial charge in [0.15, 0.2) is 0 Å². The van der Waals surface area contributed by atoms with Crippen molar-refractivity contribution in [1.29, 1.82) is 0 Å². The SMILES string of the molecule is COc1ccccc1NC(=O)N[C@H]1CC[C@@]23CCCN2C(=O)CCC[C@H]3[C@H]1C. The molecular weight excluding hydrogens is 354 g/mol. The van der Waals surface area contributed by atoms with Gasteiger partial charge in [0, 0.05) is 24.5 Å². The first-order chi connectivity index (χ1) is 13.5. The molecule has 3 fully saturated rings. The predicted molar refractivity (Wildman–Crippen MR) is 108 cm³/mol. The molecule has 0 bridgehead atoms. The van der Waals surface area contributed by atoms with Crippen LogP contribution in [0.1, 0.15) is 51.9 Å². The number of ether oxygens (including phenoxy) is 1. The van der Waals surface area contributed by atoms with E-state index in [1.165, 1.54) is 0 Å². The number of benzene rings is 1. The molecule has 1 spiro atoms. The van der Waals surface area contributed by atoms with Gasteiger partial charge in [-0.15, -0.1) is 0 Å². The standard InChI is InChI=1S/C22H31N3O3/c1-15-16-7-5-10-20(26)25-14-6-12-22(16,25)13-11-17(15)23-21(27)24-18-8-3-4-9-19(18)28-2/h3-4,8-9,15-17H,5-7,10-14H2,1-2H3,(H2,23,24,27)/t15-,16+,17+,22-/m1/s1. The molecule has 0 unspecified atom stereocenters. The maximum Gasteiger partial charge on any atom is 0.319 e. The van der Waals surface area contributed by atoms with Crippen LogP contribution in [0.2, 0.25) is 0 Å². The monoisotopic (exact) mass is 385 g/mol. The van der Waals surface area contributed by atoms with E-state index < -0.39 is 0 Å². The number of para-hydroxylation sites is 2. The summed E-state index contributed by atoms with van der Waals surface area (Å²) in [5.41, 5.74) is 0.703. The molecule has 4 atom stereocenters. The number of nitrogens with zero attached hydrogens (tertiary/aromatic N) is 1. The van der Waals surface area contributed by atoms with Gasteiger partial charge in [-0.25, -0.2) is 4.79 Å². The van der Waals surface area contributed by atoms with Gasteiger partial charge in [-0.05, 0) is 62.5 Å². The molecule has 2 saturated heterocycles. The third-order valence-corrected chi connectivity index (χ3v) is 7.26. The van der Waals surface area contributed by atoms with Crippen LogP contribution in [0.3, 0.4) is 0 Å². The van der Waals surface area contributed by atoms with Crippen molar-refractivity contribution in [3.8, 4) is 5.75 Å². The molecule has 1 saturated carbocycles. The minimum Gasteiger partial charge on any atom is -0.495 e. The molecule has 1 aliphatic carbocycles. The molecule has 0 radical (unpaired) electrons. The molecule has 4 rings (SSSR count). The fraction of sp³-hybridized carbons (Fsp3) is 0.636. The Bertz CT molecular complexity index is 752. The molecule has 2 aliphatic heterocycles. The molecule has 0 aromatic heterocycles. The number of carbonyl (C=O) groups is 2. The van der Waals surface area contributed by atoms with E-state index in [4.69, 9.17) is 4.74 Å². The van der Waals surface area contributed by atoms with E-state index in [1.807, 2.05) is 24.3 Å². The lowest BCUT2D eigenvalue weighted by Crippen LogP contribution is -2.60. The summed E-state index contributed by atoms with van der Waals surface area (Å²) in [6.07, 6.45) is 6.86. The summed E-state index contributed by atoms with van der Waals surface area (Å²) in [4.78, 5) is 27.5. The summed E-state index contributed by atoms with van der Waals surface area (Å²) in [6, 6.07) is 7.37. The summed E-state index contributed by atoms with van der Waals surface area (Å²) >= 11 is 0. The van der Waals surface area contributed by atoms with Gasteiger partial charge in [0.1, 0.15) is 5.75 Å². The largest absolute Gasteiger partial charge is 0.495 e. The van der Waals surface area contributed by atoms with Crippen molar-refractivity contribution in [3.05, 3.63) is 24.3 Å². The van der Waals surface area contributed by atoms with Gasteiger partial charge in [-0.1, -0.05) is 19.1 Å². The highest BCUT2D eigenvalue weighted by molar-refractivity contribution is 5.91. The Kier molecular flexibility index (Phi) is 5.21. The van der Waals surface area contributed by atoms with Crippen molar-refractivity contribution in [2.45, 2.75) is 63.5 Å². The molecule has 3 amide bonds. The number of hydrogen-bond acceptors (Lipinski definition) is 3. The lowest BCUT2D eigenvalue weighted by molar-refractivity contribution is -0.138. The van der Waals surface area contributed by atoms with Gasteiger partial charge in [-0.3, -0.25) is 4.79 Å². The van der Waals surface area contributed by atoms with Crippen molar-refractivity contribution in [1.82, 2.24) is 10.2 Å². The second-order valence-electron chi connectivity index (χ2n) is 8.55.